The molecule has 2 aromatic rings. The lowest BCUT2D eigenvalue weighted by molar-refractivity contribution is 0.0697. The highest BCUT2D eigenvalue weighted by atomic mass is 79.9. The van der Waals surface area contributed by atoms with Gasteiger partial charge in [-0.05, 0) is 52.7 Å². The lowest BCUT2D eigenvalue weighted by Crippen LogP contribution is -2.01. The molecule has 2 N–H and O–H groups in total. The van der Waals surface area contributed by atoms with E-state index in [0.717, 1.165) is 10.0 Å². The highest BCUT2D eigenvalue weighted by molar-refractivity contribution is 9.10. The van der Waals surface area contributed by atoms with Crippen LogP contribution >= 0.6 is 39.1 Å². The molecule has 0 aliphatic heterocycles. The minimum atomic E-state index is -1.07. The molecule has 2 rings (SSSR count). The highest BCUT2D eigenvalue weighted by Crippen LogP contribution is 2.31. The van der Waals surface area contributed by atoms with E-state index >= 15 is 0 Å². The Morgan fingerprint density at radius 1 is 1.30 bits per heavy atom. The summed E-state index contributed by atoms with van der Waals surface area (Å²) in [6.45, 7) is 1.89. The largest absolute Gasteiger partial charge is 0.478 e. The fraction of sp³-hybridized carbons (Fsp3) is 0.0769. The van der Waals surface area contributed by atoms with E-state index in [2.05, 4.69) is 26.2 Å². The van der Waals surface area contributed by atoms with E-state index in [-0.39, 0.29) is 10.7 Å². The molecule has 7 heteroatoms. The Morgan fingerprint density at radius 2 is 2.00 bits per heavy atom. The zero-order valence-electron chi connectivity index (χ0n) is 10.2. The van der Waals surface area contributed by atoms with Crippen molar-refractivity contribution in [2.45, 2.75) is 6.92 Å². The number of nitrogens with zero attached hydrogens (tertiary/aromatic N) is 1. The number of carboxylic acids is 1. The van der Waals surface area contributed by atoms with E-state index in [1.807, 2.05) is 13.0 Å². The molecule has 4 nitrogen and oxygen atoms in total. The first-order valence-electron chi connectivity index (χ1n) is 5.50. The van der Waals surface area contributed by atoms with Crippen molar-refractivity contribution in [1.29, 1.82) is 0 Å². The van der Waals surface area contributed by atoms with Gasteiger partial charge >= 0.3 is 5.97 Å². The SMILES string of the molecule is Cc1cc(Br)c(Nc2cc(C(=O)O)cc(Cl)n2)cc1Cl. The van der Waals surface area contributed by atoms with E-state index < -0.39 is 5.97 Å². The first-order chi connectivity index (χ1) is 9.36. The standard InChI is InChI=1S/C13H9BrCl2N2O2/c1-6-2-8(14)10(5-9(6)15)17-12-4-7(13(19)20)3-11(16)18-12/h2-5H,1H3,(H,17,18)(H,19,20). The van der Waals surface area contributed by atoms with Crippen molar-refractivity contribution in [3.05, 3.63) is 50.0 Å². The number of benzene rings is 1. The van der Waals surface area contributed by atoms with Gasteiger partial charge in [-0.15, -0.1) is 0 Å². The number of pyridine rings is 1. The Morgan fingerprint density at radius 3 is 2.65 bits per heavy atom. The van der Waals surface area contributed by atoms with Crippen LogP contribution in [0, 0.1) is 6.92 Å². The monoisotopic (exact) mass is 374 g/mol. The number of nitrogens with one attached hydrogen (secondary N) is 1. The molecule has 0 bridgehead atoms. The first-order valence-corrected chi connectivity index (χ1v) is 7.05. The second-order valence-corrected chi connectivity index (χ2v) is 5.72. The maximum Gasteiger partial charge on any atom is 0.335 e. The Kier molecular flexibility index (Phi) is 4.52. The number of aryl methyl sites for hydroxylation is 1. The van der Waals surface area contributed by atoms with Gasteiger partial charge in [0, 0.05) is 9.50 Å². The summed E-state index contributed by atoms with van der Waals surface area (Å²) in [5, 5.41) is 12.7. The Hall–Kier alpha value is -1.30. The van der Waals surface area contributed by atoms with Gasteiger partial charge < -0.3 is 10.4 Å². The molecule has 1 heterocycles. The molecular formula is C13H9BrCl2N2O2. The van der Waals surface area contributed by atoms with Crippen molar-refractivity contribution in [1.82, 2.24) is 4.98 Å². The number of hydrogen-bond donors (Lipinski definition) is 2. The number of anilines is 2. The molecule has 1 aromatic heterocycles. The van der Waals surface area contributed by atoms with Crippen molar-refractivity contribution in [2.24, 2.45) is 0 Å². The Labute approximate surface area is 133 Å². The zero-order valence-corrected chi connectivity index (χ0v) is 13.3. The fourth-order valence-corrected chi connectivity index (χ4v) is 2.49. The molecule has 0 aliphatic carbocycles. The van der Waals surface area contributed by atoms with Crippen LogP contribution in [0.3, 0.4) is 0 Å². The van der Waals surface area contributed by atoms with Gasteiger partial charge in [-0.2, -0.15) is 0 Å². The molecule has 0 aliphatic rings. The molecule has 0 spiro atoms. The summed E-state index contributed by atoms with van der Waals surface area (Å²) >= 11 is 15.3. The lowest BCUT2D eigenvalue weighted by Gasteiger charge is -2.11. The second kappa shape index (κ2) is 5.99. The zero-order chi connectivity index (χ0) is 14.9. The van der Waals surface area contributed by atoms with E-state index in [1.54, 1.807) is 6.07 Å². The smallest absolute Gasteiger partial charge is 0.335 e. The average Bonchev–Trinajstić information content (AvgIpc) is 2.35. The summed E-state index contributed by atoms with van der Waals surface area (Å²) in [5.74, 6) is -0.742. The maximum atomic E-state index is 11.0. The van der Waals surface area contributed by atoms with Gasteiger partial charge in [0.05, 0.1) is 11.3 Å². The molecule has 0 saturated carbocycles. The van der Waals surface area contributed by atoms with Crippen molar-refractivity contribution in [3.8, 4) is 0 Å². The predicted octanol–water partition coefficient (Wildman–Crippen LogP) is 4.90. The van der Waals surface area contributed by atoms with E-state index in [0.29, 0.717) is 16.5 Å². The third-order valence-corrected chi connectivity index (χ3v) is 3.81. The summed E-state index contributed by atoms with van der Waals surface area (Å²) in [6.07, 6.45) is 0. The number of carbonyl (C=O) groups is 1. The molecule has 0 fully saturated rings. The lowest BCUT2D eigenvalue weighted by atomic mass is 10.2. The molecule has 0 unspecified atom stereocenters. The summed E-state index contributed by atoms with van der Waals surface area (Å²) < 4.78 is 0.790. The van der Waals surface area contributed by atoms with Gasteiger partial charge in [-0.25, -0.2) is 9.78 Å². The van der Waals surface area contributed by atoms with Crippen LogP contribution < -0.4 is 5.32 Å². The number of carboxylic acid groups (broad SMARTS) is 1. The van der Waals surface area contributed by atoms with Crippen molar-refractivity contribution >= 4 is 56.6 Å². The van der Waals surface area contributed by atoms with Crippen LogP contribution in [0.2, 0.25) is 10.2 Å². The van der Waals surface area contributed by atoms with Crippen LogP contribution in [0.25, 0.3) is 0 Å². The molecule has 20 heavy (non-hydrogen) atoms. The molecule has 0 amide bonds. The van der Waals surface area contributed by atoms with Crippen molar-refractivity contribution in [3.63, 3.8) is 0 Å². The summed E-state index contributed by atoms with van der Waals surface area (Å²) in [5.41, 5.74) is 1.66. The van der Waals surface area contributed by atoms with Gasteiger partial charge in [0.25, 0.3) is 0 Å². The molecular weight excluding hydrogens is 367 g/mol. The second-order valence-electron chi connectivity index (χ2n) is 4.08. The molecule has 0 atom stereocenters. The first kappa shape index (κ1) is 15.1. The quantitative estimate of drug-likeness (QED) is 0.749. The number of halogens is 3. The van der Waals surface area contributed by atoms with Crippen LogP contribution in [0.4, 0.5) is 11.5 Å². The normalized spacial score (nSPS) is 10.4. The van der Waals surface area contributed by atoms with Crippen molar-refractivity contribution < 1.29 is 9.90 Å². The number of rotatable bonds is 3. The fourth-order valence-electron chi connectivity index (χ4n) is 1.56. The Balaban J connectivity index is 2.40. The van der Waals surface area contributed by atoms with Gasteiger partial charge in [0.15, 0.2) is 0 Å². The van der Waals surface area contributed by atoms with E-state index in [4.69, 9.17) is 28.3 Å². The summed E-state index contributed by atoms with van der Waals surface area (Å²) in [4.78, 5) is 15.0. The number of hydrogen-bond acceptors (Lipinski definition) is 3. The molecule has 1 aromatic carbocycles. The third kappa shape index (κ3) is 3.42. The van der Waals surface area contributed by atoms with Crippen LogP contribution in [0.15, 0.2) is 28.7 Å². The maximum absolute atomic E-state index is 11.0. The molecule has 104 valence electrons. The molecule has 0 saturated heterocycles. The predicted molar refractivity (Wildman–Crippen MR) is 83.4 cm³/mol. The van der Waals surface area contributed by atoms with Gasteiger partial charge in [-0.1, -0.05) is 23.2 Å². The highest BCUT2D eigenvalue weighted by Gasteiger charge is 2.10. The van der Waals surface area contributed by atoms with Crippen LogP contribution in [-0.2, 0) is 0 Å². The number of aromatic carboxylic acids is 1. The minimum absolute atomic E-state index is 0.0573. The minimum Gasteiger partial charge on any atom is -0.478 e. The topological polar surface area (TPSA) is 62.2 Å². The summed E-state index contributed by atoms with van der Waals surface area (Å²) in [7, 11) is 0. The van der Waals surface area contributed by atoms with Gasteiger partial charge in [0.1, 0.15) is 11.0 Å². The van der Waals surface area contributed by atoms with E-state index in [1.165, 1.54) is 12.1 Å². The van der Waals surface area contributed by atoms with E-state index in [9.17, 15) is 4.79 Å². The average molecular weight is 376 g/mol. The van der Waals surface area contributed by atoms with Crippen LogP contribution in [0.1, 0.15) is 15.9 Å². The third-order valence-electron chi connectivity index (χ3n) is 2.55. The number of aromatic nitrogens is 1. The Bertz CT molecular complexity index is 692. The van der Waals surface area contributed by atoms with Gasteiger partial charge in [-0.3, -0.25) is 0 Å². The van der Waals surface area contributed by atoms with Crippen LogP contribution in [0.5, 0.6) is 0 Å². The van der Waals surface area contributed by atoms with Crippen molar-refractivity contribution in [2.75, 3.05) is 5.32 Å². The van der Waals surface area contributed by atoms with Crippen LogP contribution in [-0.4, -0.2) is 16.1 Å². The molecule has 0 radical (unpaired) electrons. The van der Waals surface area contributed by atoms with Gasteiger partial charge in [0.2, 0.25) is 0 Å². The summed E-state index contributed by atoms with van der Waals surface area (Å²) in [6, 6.07) is 6.26.